The number of rotatable bonds is 1. The average Bonchev–Trinajstić information content (AvgIpc) is 1.86. The molecular formula is C9H12IN. The molecule has 0 aliphatic rings. The average molecular weight is 261 g/mol. The zero-order valence-corrected chi connectivity index (χ0v) is 8.92. The van der Waals surface area contributed by atoms with Crippen molar-refractivity contribution in [3.63, 3.8) is 0 Å². The molecule has 0 bridgehead atoms. The van der Waals surface area contributed by atoms with Gasteiger partial charge in [-0.1, -0.05) is 52.4 Å². The van der Waals surface area contributed by atoms with E-state index in [1.165, 1.54) is 11.1 Å². The molecule has 2 N–H and O–H groups in total. The van der Waals surface area contributed by atoms with Crippen molar-refractivity contribution < 1.29 is 0 Å². The monoisotopic (exact) mass is 261 g/mol. The van der Waals surface area contributed by atoms with Crippen LogP contribution in [0, 0.1) is 6.92 Å². The van der Waals surface area contributed by atoms with E-state index in [9.17, 15) is 0 Å². The van der Waals surface area contributed by atoms with Crippen molar-refractivity contribution in [2.75, 3.05) is 0 Å². The second-order valence-electron chi connectivity index (χ2n) is 2.94. The molecule has 1 rings (SSSR count). The maximum absolute atomic E-state index is 5.89. The zero-order valence-electron chi connectivity index (χ0n) is 6.76. The first-order valence-corrected chi connectivity index (χ1v) is 4.63. The van der Waals surface area contributed by atoms with Gasteiger partial charge in [-0.3, -0.25) is 0 Å². The smallest absolute Gasteiger partial charge is 0.0906 e. The third kappa shape index (κ3) is 2.45. The number of hydrogen-bond donors (Lipinski definition) is 1. The molecule has 1 aromatic carbocycles. The Balaban J connectivity index is 2.99. The maximum Gasteiger partial charge on any atom is 0.0906 e. The lowest BCUT2D eigenvalue weighted by Crippen LogP contribution is -2.24. The zero-order chi connectivity index (χ0) is 8.48. The van der Waals surface area contributed by atoms with Gasteiger partial charge in [-0.25, -0.2) is 0 Å². The summed E-state index contributed by atoms with van der Waals surface area (Å²) in [5.41, 5.74) is 8.34. The molecule has 1 atom stereocenters. The van der Waals surface area contributed by atoms with Gasteiger partial charge in [0.05, 0.1) is 3.55 Å². The van der Waals surface area contributed by atoms with Crippen LogP contribution in [0.2, 0.25) is 0 Å². The molecule has 0 radical (unpaired) electrons. The third-order valence-electron chi connectivity index (χ3n) is 1.62. The highest BCUT2D eigenvalue weighted by molar-refractivity contribution is 14.1. The van der Waals surface area contributed by atoms with Crippen LogP contribution in [0.3, 0.4) is 0 Å². The molecule has 11 heavy (non-hydrogen) atoms. The van der Waals surface area contributed by atoms with Gasteiger partial charge in [0.2, 0.25) is 0 Å². The Morgan fingerprint density at radius 1 is 1.27 bits per heavy atom. The molecule has 0 fully saturated rings. The molecule has 0 heterocycles. The van der Waals surface area contributed by atoms with Crippen LogP contribution in [0.15, 0.2) is 24.3 Å². The second-order valence-corrected chi connectivity index (χ2v) is 5.18. The van der Waals surface area contributed by atoms with Gasteiger partial charge in [0.1, 0.15) is 0 Å². The maximum atomic E-state index is 5.89. The predicted molar refractivity (Wildman–Crippen MR) is 56.7 cm³/mol. The summed E-state index contributed by atoms with van der Waals surface area (Å²) in [6.07, 6.45) is 0. The van der Waals surface area contributed by atoms with Gasteiger partial charge in [0, 0.05) is 0 Å². The highest BCUT2D eigenvalue weighted by atomic mass is 127. The highest BCUT2D eigenvalue weighted by Crippen LogP contribution is 2.24. The van der Waals surface area contributed by atoms with E-state index in [0.29, 0.717) is 0 Å². The largest absolute Gasteiger partial charge is 0.313 e. The summed E-state index contributed by atoms with van der Waals surface area (Å²) in [6.45, 7) is 4.07. The number of nitrogens with two attached hydrogens (primary N) is 1. The minimum absolute atomic E-state index is 0.245. The SMILES string of the molecule is Cc1ccc([C@](C)(N)I)cc1. The van der Waals surface area contributed by atoms with E-state index in [-0.39, 0.29) is 3.55 Å². The van der Waals surface area contributed by atoms with Gasteiger partial charge in [-0.2, -0.15) is 0 Å². The third-order valence-corrected chi connectivity index (χ3v) is 2.24. The van der Waals surface area contributed by atoms with Crippen LogP contribution >= 0.6 is 22.6 Å². The van der Waals surface area contributed by atoms with E-state index in [1.807, 2.05) is 6.92 Å². The van der Waals surface area contributed by atoms with Crippen LogP contribution in [0.25, 0.3) is 0 Å². The molecule has 0 spiro atoms. The molecule has 1 nitrogen and oxygen atoms in total. The Bertz CT molecular complexity index is 233. The molecule has 0 aliphatic carbocycles. The van der Waals surface area contributed by atoms with E-state index in [4.69, 9.17) is 5.73 Å². The summed E-state index contributed by atoms with van der Waals surface area (Å²) in [4.78, 5) is 0. The van der Waals surface area contributed by atoms with Crippen molar-refractivity contribution in [3.05, 3.63) is 35.4 Å². The Labute approximate surface area is 81.1 Å². The Morgan fingerprint density at radius 3 is 2.09 bits per heavy atom. The summed E-state index contributed by atoms with van der Waals surface area (Å²) < 4.78 is -0.245. The number of alkyl halides is 1. The van der Waals surface area contributed by atoms with Gasteiger partial charge >= 0.3 is 0 Å². The second kappa shape index (κ2) is 3.11. The topological polar surface area (TPSA) is 26.0 Å². The lowest BCUT2D eigenvalue weighted by atomic mass is 10.1. The Morgan fingerprint density at radius 2 is 1.73 bits per heavy atom. The number of halogens is 1. The molecule has 0 aliphatic heterocycles. The van der Waals surface area contributed by atoms with E-state index in [2.05, 4.69) is 53.8 Å². The van der Waals surface area contributed by atoms with Gasteiger partial charge in [-0.05, 0) is 19.4 Å². The summed E-state index contributed by atoms with van der Waals surface area (Å²) >= 11 is 2.23. The lowest BCUT2D eigenvalue weighted by Gasteiger charge is -2.16. The Hall–Kier alpha value is -0.0900. The van der Waals surface area contributed by atoms with Crippen LogP contribution in [0.1, 0.15) is 18.1 Å². The van der Waals surface area contributed by atoms with Gasteiger partial charge in [0.15, 0.2) is 0 Å². The first-order valence-electron chi connectivity index (χ1n) is 3.55. The summed E-state index contributed by atoms with van der Waals surface area (Å²) in [7, 11) is 0. The highest BCUT2D eigenvalue weighted by Gasteiger charge is 2.14. The van der Waals surface area contributed by atoms with E-state index in [0.717, 1.165) is 0 Å². The lowest BCUT2D eigenvalue weighted by molar-refractivity contribution is 0.779. The van der Waals surface area contributed by atoms with Crippen molar-refractivity contribution in [2.45, 2.75) is 17.4 Å². The molecule has 0 saturated heterocycles. The fourth-order valence-corrected chi connectivity index (χ4v) is 1.24. The molecular weight excluding hydrogens is 249 g/mol. The van der Waals surface area contributed by atoms with Crippen LogP contribution in [0.5, 0.6) is 0 Å². The minimum Gasteiger partial charge on any atom is -0.313 e. The molecule has 0 saturated carbocycles. The fraction of sp³-hybridized carbons (Fsp3) is 0.333. The first-order chi connectivity index (χ1) is 5.00. The van der Waals surface area contributed by atoms with Crippen LogP contribution in [0.4, 0.5) is 0 Å². The van der Waals surface area contributed by atoms with Crippen molar-refractivity contribution in [1.82, 2.24) is 0 Å². The number of aryl methyl sites for hydroxylation is 1. The molecule has 0 aromatic heterocycles. The van der Waals surface area contributed by atoms with Crippen LogP contribution < -0.4 is 5.73 Å². The first kappa shape index (κ1) is 9.00. The Kier molecular flexibility index (Phi) is 2.54. The minimum atomic E-state index is -0.245. The summed E-state index contributed by atoms with van der Waals surface area (Å²) in [5.74, 6) is 0. The van der Waals surface area contributed by atoms with Crippen molar-refractivity contribution in [1.29, 1.82) is 0 Å². The summed E-state index contributed by atoms with van der Waals surface area (Å²) in [6, 6.07) is 8.31. The van der Waals surface area contributed by atoms with Crippen molar-refractivity contribution in [2.24, 2.45) is 5.73 Å². The fourth-order valence-electron chi connectivity index (χ4n) is 0.879. The summed E-state index contributed by atoms with van der Waals surface area (Å²) in [5, 5.41) is 0. The molecule has 2 heteroatoms. The van der Waals surface area contributed by atoms with E-state index in [1.54, 1.807) is 0 Å². The standard InChI is InChI=1S/C9H12IN/c1-7-3-5-8(6-4-7)9(2,10)11/h3-6H,11H2,1-2H3/t9-/m0/s1. The van der Waals surface area contributed by atoms with Crippen molar-refractivity contribution in [3.8, 4) is 0 Å². The van der Waals surface area contributed by atoms with Gasteiger partial charge in [0.25, 0.3) is 0 Å². The molecule has 0 amide bonds. The molecule has 60 valence electrons. The van der Waals surface area contributed by atoms with E-state index >= 15 is 0 Å². The quantitative estimate of drug-likeness (QED) is 0.469. The van der Waals surface area contributed by atoms with Gasteiger partial charge < -0.3 is 5.73 Å². The van der Waals surface area contributed by atoms with Crippen LogP contribution in [-0.2, 0) is 3.55 Å². The molecule has 0 unspecified atom stereocenters. The van der Waals surface area contributed by atoms with Crippen molar-refractivity contribution >= 4 is 22.6 Å². The predicted octanol–water partition coefficient (Wildman–Crippen LogP) is 2.56. The normalized spacial score (nSPS) is 16.0. The van der Waals surface area contributed by atoms with E-state index < -0.39 is 0 Å². The van der Waals surface area contributed by atoms with Gasteiger partial charge in [-0.15, -0.1) is 0 Å². The molecule has 1 aromatic rings. The number of hydrogen-bond acceptors (Lipinski definition) is 1. The number of benzene rings is 1. The van der Waals surface area contributed by atoms with Crippen LogP contribution in [-0.4, -0.2) is 0 Å².